The first-order valence-electron chi connectivity index (χ1n) is 21.8. The molecule has 2 aromatic carbocycles. The zero-order valence-corrected chi connectivity index (χ0v) is 37.6. The molecule has 1 aliphatic rings. The van der Waals surface area contributed by atoms with Gasteiger partial charge in [0.1, 0.15) is 25.8 Å². The molecule has 3 heterocycles. The summed E-state index contributed by atoms with van der Waals surface area (Å²) in [7, 11) is -2.19. The third-order valence-corrected chi connectivity index (χ3v) is 19.9. The maximum atomic E-state index is 9.97. The summed E-state index contributed by atoms with van der Waals surface area (Å²) >= 11 is 3.47. The zero-order chi connectivity index (χ0) is 39.9. The van der Waals surface area contributed by atoms with Crippen molar-refractivity contribution in [1.29, 1.82) is 5.26 Å². The van der Waals surface area contributed by atoms with Crippen LogP contribution in [0.1, 0.15) is 148 Å². The van der Waals surface area contributed by atoms with Gasteiger partial charge in [-0.3, -0.25) is 0 Å². The Kier molecular flexibility index (Phi) is 16.8. The van der Waals surface area contributed by atoms with Crippen LogP contribution in [0.4, 0.5) is 0 Å². The largest absolute Gasteiger partial charge is 0.537 e. The Labute approximate surface area is 345 Å². The Morgan fingerprint density at radius 1 is 0.589 bits per heavy atom. The summed E-state index contributed by atoms with van der Waals surface area (Å²) in [6, 6.07) is 24.4. The quantitative estimate of drug-likeness (QED) is 0.0498. The molecule has 5 rings (SSSR count). The van der Waals surface area contributed by atoms with E-state index in [1.807, 2.05) is 18.3 Å². The Balaban J connectivity index is 1.79. The predicted octanol–water partition coefficient (Wildman–Crippen LogP) is 12.6. The van der Waals surface area contributed by atoms with Crippen molar-refractivity contribution in [2.24, 2.45) is 0 Å². The van der Waals surface area contributed by atoms with Crippen LogP contribution in [0, 0.1) is 54.4 Å². The molecule has 0 saturated carbocycles. The highest BCUT2D eigenvalue weighted by molar-refractivity contribution is 7.08. The van der Waals surface area contributed by atoms with E-state index in [1.165, 1.54) is 154 Å². The van der Waals surface area contributed by atoms with Crippen LogP contribution in [0.3, 0.4) is 0 Å². The summed E-state index contributed by atoms with van der Waals surface area (Å²) in [6.07, 6.45) is 21.7. The van der Waals surface area contributed by atoms with E-state index >= 15 is 0 Å². The smallest absolute Gasteiger partial charge is 0.193 e. The normalized spacial score (nSPS) is 14.4. The van der Waals surface area contributed by atoms with E-state index < -0.39 is 8.07 Å². The second-order valence-corrected chi connectivity index (χ2v) is 22.4. The lowest BCUT2D eigenvalue weighted by Crippen LogP contribution is -2.56. The van der Waals surface area contributed by atoms with Gasteiger partial charge in [0.15, 0.2) is 0 Å². The minimum atomic E-state index is -2.19. The van der Waals surface area contributed by atoms with Gasteiger partial charge in [0.2, 0.25) is 0 Å². The molecule has 3 nitrogen and oxygen atoms in total. The molecular weight excluding hydrogens is 735 g/mol. The first kappa shape index (κ1) is 43.4. The lowest BCUT2D eigenvalue weighted by Gasteiger charge is -2.31. The van der Waals surface area contributed by atoms with Gasteiger partial charge in [0.05, 0.1) is 6.07 Å². The van der Waals surface area contributed by atoms with E-state index in [2.05, 4.69) is 92.0 Å². The molecule has 0 aliphatic carbocycles. The average Bonchev–Trinajstić information content (AvgIpc) is 3.92. The van der Waals surface area contributed by atoms with Crippen molar-refractivity contribution in [3.8, 4) is 6.07 Å². The summed E-state index contributed by atoms with van der Waals surface area (Å²) in [6.45, 7) is 26.7. The highest BCUT2D eigenvalue weighted by atomic mass is 32.1. The van der Waals surface area contributed by atoms with Crippen molar-refractivity contribution in [3.63, 3.8) is 0 Å². The highest BCUT2D eigenvalue weighted by Crippen LogP contribution is 2.29. The number of nitrogens with zero attached hydrogens (tertiary/aromatic N) is 3. The summed E-state index contributed by atoms with van der Waals surface area (Å²) in [5.41, 5.74) is 3.35. The molecule has 56 heavy (non-hydrogen) atoms. The molecule has 1 aliphatic heterocycles. The SMILES string of the molecule is [C-]#[N+]C([N+]#[C-])=c1s/c(=c2/ccc3c(c2)[Si](CCCCCC)(CCCCCC)c2c/c(=c4/cc(CCCCCC)/c(=C(/C)C#N)s4)ccc2=3)cc1CCCCCC. The van der Waals surface area contributed by atoms with Crippen molar-refractivity contribution in [2.45, 2.75) is 162 Å². The number of aryl methyl sites for hydroxylation is 2. The molecule has 0 saturated heterocycles. The Bertz CT molecular complexity index is 2480. The molecule has 0 N–H and O–H groups in total. The summed E-state index contributed by atoms with van der Waals surface area (Å²) < 4.78 is 4.54. The first-order chi connectivity index (χ1) is 27.4. The van der Waals surface area contributed by atoms with Gasteiger partial charge in [0.25, 0.3) is 0 Å². The highest BCUT2D eigenvalue weighted by Gasteiger charge is 2.41. The van der Waals surface area contributed by atoms with E-state index in [4.69, 9.17) is 13.1 Å². The molecule has 294 valence electrons. The number of benzene rings is 2. The molecule has 0 atom stereocenters. The number of hydrogen-bond acceptors (Lipinski definition) is 3. The van der Waals surface area contributed by atoms with Crippen molar-refractivity contribution < 1.29 is 0 Å². The van der Waals surface area contributed by atoms with Gasteiger partial charge < -0.3 is 0 Å². The molecule has 6 heteroatoms. The zero-order valence-electron chi connectivity index (χ0n) is 34.9. The third kappa shape index (κ3) is 10.0. The number of unbranched alkanes of at least 4 members (excludes halogenated alkanes) is 12. The van der Waals surface area contributed by atoms with E-state index in [0.29, 0.717) is 0 Å². The fourth-order valence-corrected chi connectivity index (χ4v) is 16.8. The molecule has 0 radical (unpaired) electrons. The maximum absolute atomic E-state index is 9.97. The van der Waals surface area contributed by atoms with Gasteiger partial charge in [-0.25, -0.2) is 0 Å². The van der Waals surface area contributed by atoms with Crippen LogP contribution in [-0.2, 0) is 12.8 Å². The van der Waals surface area contributed by atoms with E-state index in [0.717, 1.165) is 29.4 Å². The Hall–Kier alpha value is -3.73. The van der Waals surface area contributed by atoms with Crippen LogP contribution in [0.15, 0.2) is 48.5 Å². The van der Waals surface area contributed by atoms with Crippen LogP contribution in [-0.4, -0.2) is 8.07 Å². The first-order valence-corrected chi connectivity index (χ1v) is 25.9. The standard InChI is InChI=1S/C50H63N3S2Si/c1-8-12-16-20-24-40-32-44(54-48(40)37(5)36-51)38-26-28-42-43-29-27-39(45-33-41(25-21-17-13-9-2)49(55-45)50(52-6)53-7)35-47(43)56(46(42)34-38,30-22-18-14-10-3)31-23-19-15-11-4/h26-29,32-35H,8-25,30-31H2,1-5H3/b44-38-,45-39-,48-37+. The van der Waals surface area contributed by atoms with Gasteiger partial charge in [-0.05, 0) is 99.2 Å². The van der Waals surface area contributed by atoms with Gasteiger partial charge >= 0.3 is 5.82 Å². The fourth-order valence-electron chi connectivity index (χ4n) is 8.85. The second kappa shape index (κ2) is 21.7. The van der Waals surface area contributed by atoms with E-state index in [-0.39, 0.29) is 5.82 Å². The summed E-state index contributed by atoms with van der Waals surface area (Å²) in [5.74, 6) is 0.215. The molecule has 2 aromatic heterocycles. The van der Waals surface area contributed by atoms with Crippen LogP contribution in [0.2, 0.25) is 12.1 Å². The Morgan fingerprint density at radius 2 is 1.02 bits per heavy atom. The minimum Gasteiger partial charge on any atom is -0.193 e. The summed E-state index contributed by atoms with van der Waals surface area (Å²) in [5, 5.41) is 18.6. The molecule has 0 spiro atoms. The number of nitriles is 1. The lowest BCUT2D eigenvalue weighted by atomic mass is 10.1. The predicted molar refractivity (Wildman–Crippen MR) is 244 cm³/mol. The lowest BCUT2D eigenvalue weighted by molar-refractivity contribution is 0.666. The topological polar surface area (TPSA) is 32.5 Å². The second-order valence-electron chi connectivity index (χ2n) is 16.1. The molecular formula is C50H63N3S2Si. The number of rotatable bonds is 20. The maximum Gasteiger partial charge on any atom is 0.537 e. The monoisotopic (exact) mass is 797 g/mol. The van der Waals surface area contributed by atoms with Gasteiger partial charge in [0, 0.05) is 19.2 Å². The van der Waals surface area contributed by atoms with Gasteiger partial charge in [-0.15, -0.1) is 22.7 Å². The molecule has 0 unspecified atom stereocenters. The van der Waals surface area contributed by atoms with E-state index in [1.54, 1.807) is 21.7 Å². The van der Waals surface area contributed by atoms with E-state index in [9.17, 15) is 5.26 Å². The molecule has 4 aromatic rings. The Morgan fingerprint density at radius 3 is 1.45 bits per heavy atom. The van der Waals surface area contributed by atoms with Gasteiger partial charge in [-0.2, -0.15) is 15.0 Å². The third-order valence-electron chi connectivity index (χ3n) is 12.0. The number of hydrogen-bond donors (Lipinski definition) is 0. The van der Waals surface area contributed by atoms with Crippen LogP contribution in [0.25, 0.3) is 21.1 Å². The minimum absolute atomic E-state index is 0.215. The van der Waals surface area contributed by atoms with Crippen molar-refractivity contribution >= 4 is 52.5 Å². The van der Waals surface area contributed by atoms with Crippen LogP contribution >= 0.6 is 22.7 Å². The number of thiophene rings is 2. The fraction of sp³-hybridized carbons (Fsp3) is 0.500. The molecule has 0 bridgehead atoms. The van der Waals surface area contributed by atoms with Gasteiger partial charge in [-0.1, -0.05) is 154 Å². The van der Waals surface area contributed by atoms with Crippen LogP contribution in [0.5, 0.6) is 0 Å². The summed E-state index contributed by atoms with van der Waals surface area (Å²) in [4.78, 5) is 7.37. The van der Waals surface area contributed by atoms with Crippen molar-refractivity contribution in [1.82, 2.24) is 0 Å². The molecule has 0 fully saturated rings. The molecule has 0 amide bonds. The van der Waals surface area contributed by atoms with Crippen molar-refractivity contribution in [2.75, 3.05) is 0 Å². The average molecular weight is 798 g/mol. The van der Waals surface area contributed by atoms with Crippen LogP contribution < -0.4 is 19.4 Å². The number of fused-ring (bicyclic) bond motifs is 2. The van der Waals surface area contributed by atoms with Crippen molar-refractivity contribution in [3.05, 3.63) is 121 Å².